The standard InChI is InChI=1S/C34H30ClN3O5S/c1-4-11-25-28(33(41)43-5-2)29(20-13-10-14-22(18-20)42-3)38-32(40)30(44-34(38)36-25)27-23-15-7-9-17-26(23)37(31(27)39)19-21-12-6-8-16-24(21)35/h6-10,12-18,29H,4-5,11,19H2,1-3H3/b30-27+/t29-/m0/s1. The molecule has 0 unspecified atom stereocenters. The van der Waals surface area contributed by atoms with Gasteiger partial charge in [-0.15, -0.1) is 0 Å². The smallest absolute Gasteiger partial charge is 0.338 e. The molecule has 4 aromatic rings. The molecule has 6 rings (SSSR count). The summed E-state index contributed by atoms with van der Waals surface area (Å²) in [5, 5.41) is 0.554. The molecule has 0 radical (unpaired) electrons. The van der Waals surface area contributed by atoms with Crippen molar-refractivity contribution in [2.45, 2.75) is 39.3 Å². The highest BCUT2D eigenvalue weighted by Gasteiger charge is 2.38. The molecule has 224 valence electrons. The molecule has 1 amide bonds. The largest absolute Gasteiger partial charge is 0.497 e. The Labute approximate surface area is 263 Å². The summed E-state index contributed by atoms with van der Waals surface area (Å²) in [5.74, 6) is -0.244. The number of hydrogen-bond acceptors (Lipinski definition) is 7. The topological polar surface area (TPSA) is 90.2 Å². The SMILES string of the molecule is CCCC1=C(C(=O)OCC)[C@H](c2cccc(OC)c2)n2c(s/c(=C3/C(=O)N(Cc4ccccc4Cl)c4ccccc43)c2=O)=N1. The summed E-state index contributed by atoms with van der Waals surface area (Å²) in [4.78, 5) is 49.1. The molecule has 1 aromatic heterocycles. The first-order chi connectivity index (χ1) is 21.4. The number of benzene rings is 3. The van der Waals surface area contributed by atoms with Crippen LogP contribution in [0, 0.1) is 0 Å². The predicted molar refractivity (Wildman–Crippen MR) is 171 cm³/mol. The highest BCUT2D eigenvalue weighted by atomic mass is 35.5. The zero-order chi connectivity index (χ0) is 31.0. The lowest BCUT2D eigenvalue weighted by Gasteiger charge is -2.26. The number of hydrogen-bond donors (Lipinski definition) is 0. The van der Waals surface area contributed by atoms with Gasteiger partial charge < -0.3 is 14.4 Å². The fourth-order valence-electron chi connectivity index (χ4n) is 5.75. The van der Waals surface area contributed by atoms with Crippen molar-refractivity contribution in [1.82, 2.24) is 4.57 Å². The third kappa shape index (κ3) is 5.06. The van der Waals surface area contributed by atoms with Gasteiger partial charge in [0, 0.05) is 10.6 Å². The molecule has 0 saturated carbocycles. The van der Waals surface area contributed by atoms with Crippen molar-refractivity contribution < 1.29 is 19.1 Å². The molecule has 3 heterocycles. The summed E-state index contributed by atoms with van der Waals surface area (Å²) in [5.41, 5.74) is 3.59. The maximum atomic E-state index is 14.5. The lowest BCUT2D eigenvalue weighted by molar-refractivity contribution is -0.139. The Kier molecular flexibility index (Phi) is 8.25. The van der Waals surface area contributed by atoms with Gasteiger partial charge in [-0.25, -0.2) is 9.79 Å². The molecule has 10 heteroatoms. The van der Waals surface area contributed by atoms with Gasteiger partial charge in [-0.1, -0.05) is 84.8 Å². The van der Waals surface area contributed by atoms with Crippen LogP contribution in [0.5, 0.6) is 5.75 Å². The van der Waals surface area contributed by atoms with E-state index < -0.39 is 17.6 Å². The highest BCUT2D eigenvalue weighted by Crippen LogP contribution is 2.38. The second-order valence-corrected chi connectivity index (χ2v) is 11.8. The maximum Gasteiger partial charge on any atom is 0.338 e. The number of thiazole rings is 1. The Morgan fingerprint density at radius 2 is 1.80 bits per heavy atom. The number of ether oxygens (including phenoxy) is 2. The molecule has 0 fully saturated rings. The van der Waals surface area contributed by atoms with E-state index >= 15 is 0 Å². The number of esters is 1. The first-order valence-electron chi connectivity index (χ1n) is 14.4. The summed E-state index contributed by atoms with van der Waals surface area (Å²) in [6.07, 6.45) is 1.25. The third-order valence-corrected chi connectivity index (χ3v) is 9.14. The molecule has 0 spiro atoms. The average molecular weight is 628 g/mol. The summed E-state index contributed by atoms with van der Waals surface area (Å²) in [7, 11) is 1.56. The number of anilines is 1. The van der Waals surface area contributed by atoms with Crippen LogP contribution < -0.4 is 24.5 Å². The summed E-state index contributed by atoms with van der Waals surface area (Å²) in [6.45, 7) is 4.17. The van der Waals surface area contributed by atoms with Crippen molar-refractivity contribution in [3.8, 4) is 5.75 Å². The second kappa shape index (κ2) is 12.3. The van der Waals surface area contributed by atoms with Crippen molar-refractivity contribution in [3.05, 3.63) is 125 Å². The van der Waals surface area contributed by atoms with Crippen LogP contribution in [0.2, 0.25) is 5.02 Å². The van der Waals surface area contributed by atoms with E-state index in [4.69, 9.17) is 26.1 Å². The zero-order valence-corrected chi connectivity index (χ0v) is 26.1. The number of carbonyl (C=O) groups is 2. The second-order valence-electron chi connectivity index (χ2n) is 10.4. The number of methoxy groups -OCH3 is 1. The van der Waals surface area contributed by atoms with Gasteiger partial charge in [-0.05, 0) is 48.7 Å². The molecule has 2 aliphatic rings. The molecule has 44 heavy (non-hydrogen) atoms. The highest BCUT2D eigenvalue weighted by molar-refractivity contribution is 7.07. The van der Waals surface area contributed by atoms with E-state index in [1.807, 2.05) is 61.5 Å². The van der Waals surface area contributed by atoms with E-state index in [1.165, 1.54) is 4.57 Å². The normalized spacial score (nSPS) is 16.9. The van der Waals surface area contributed by atoms with Gasteiger partial charge in [0.2, 0.25) is 0 Å². The van der Waals surface area contributed by atoms with Crippen LogP contribution >= 0.6 is 22.9 Å². The number of halogens is 1. The molecule has 0 bridgehead atoms. The number of nitrogens with zero attached hydrogens (tertiary/aromatic N) is 3. The number of amides is 1. The quantitative estimate of drug-likeness (QED) is 0.252. The van der Waals surface area contributed by atoms with Gasteiger partial charge in [0.1, 0.15) is 10.3 Å². The minimum Gasteiger partial charge on any atom is -0.497 e. The molecular formula is C34H30ClN3O5S. The lowest BCUT2D eigenvalue weighted by atomic mass is 9.94. The van der Waals surface area contributed by atoms with Crippen LogP contribution in [0.1, 0.15) is 49.4 Å². The van der Waals surface area contributed by atoms with Crippen molar-refractivity contribution >= 4 is 46.1 Å². The van der Waals surface area contributed by atoms with E-state index in [2.05, 4.69) is 0 Å². The first-order valence-corrected chi connectivity index (χ1v) is 15.6. The lowest BCUT2D eigenvalue weighted by Crippen LogP contribution is -2.41. The number of fused-ring (bicyclic) bond motifs is 2. The summed E-state index contributed by atoms with van der Waals surface area (Å²) >= 11 is 7.62. The van der Waals surface area contributed by atoms with Gasteiger partial charge in [-0.2, -0.15) is 0 Å². The van der Waals surface area contributed by atoms with Gasteiger partial charge in [-0.3, -0.25) is 14.2 Å². The van der Waals surface area contributed by atoms with E-state index in [0.29, 0.717) is 55.7 Å². The van der Waals surface area contributed by atoms with Gasteiger partial charge >= 0.3 is 5.97 Å². The Balaban J connectivity index is 1.61. The van der Waals surface area contributed by atoms with Crippen LogP contribution in [0.4, 0.5) is 5.69 Å². The maximum absolute atomic E-state index is 14.5. The predicted octanol–water partition coefficient (Wildman–Crippen LogP) is 5.16. The Hall–Kier alpha value is -4.47. The fourth-order valence-corrected chi connectivity index (χ4v) is 7.06. The number of aromatic nitrogens is 1. The number of allylic oxidation sites excluding steroid dienone is 1. The van der Waals surface area contributed by atoms with E-state index in [0.717, 1.165) is 23.3 Å². The first kappa shape index (κ1) is 29.6. The van der Waals surface area contributed by atoms with E-state index in [1.54, 1.807) is 37.1 Å². The molecule has 1 atom stereocenters. The molecule has 3 aromatic carbocycles. The molecule has 2 aliphatic heterocycles. The van der Waals surface area contributed by atoms with Crippen LogP contribution in [-0.4, -0.2) is 30.2 Å². The minimum atomic E-state index is -0.817. The van der Waals surface area contributed by atoms with Crippen molar-refractivity contribution in [3.63, 3.8) is 0 Å². The van der Waals surface area contributed by atoms with Crippen molar-refractivity contribution in [2.24, 2.45) is 4.99 Å². The fraction of sp³-hybridized carbons (Fsp3) is 0.235. The molecule has 8 nitrogen and oxygen atoms in total. The Bertz CT molecular complexity index is 2010. The summed E-state index contributed by atoms with van der Waals surface area (Å²) < 4.78 is 12.8. The minimum absolute atomic E-state index is 0.174. The molecule has 0 N–H and O–H groups in total. The average Bonchev–Trinajstić information content (AvgIpc) is 3.49. The van der Waals surface area contributed by atoms with Crippen LogP contribution in [0.3, 0.4) is 0 Å². The number of rotatable bonds is 8. The van der Waals surface area contributed by atoms with Crippen LogP contribution in [0.15, 0.2) is 93.9 Å². The van der Waals surface area contributed by atoms with Crippen LogP contribution in [0.25, 0.3) is 5.57 Å². The Morgan fingerprint density at radius 1 is 1.02 bits per heavy atom. The van der Waals surface area contributed by atoms with Crippen molar-refractivity contribution in [1.29, 1.82) is 0 Å². The van der Waals surface area contributed by atoms with E-state index in [-0.39, 0.29) is 23.6 Å². The zero-order valence-electron chi connectivity index (χ0n) is 24.5. The molecule has 0 aliphatic carbocycles. The van der Waals surface area contributed by atoms with Crippen LogP contribution in [-0.2, 0) is 20.9 Å². The number of carbonyl (C=O) groups excluding carboxylic acids is 2. The monoisotopic (exact) mass is 627 g/mol. The molecular weight excluding hydrogens is 598 g/mol. The third-order valence-electron chi connectivity index (χ3n) is 7.71. The molecule has 0 saturated heterocycles. The summed E-state index contributed by atoms with van der Waals surface area (Å²) in [6, 6.07) is 21.3. The van der Waals surface area contributed by atoms with E-state index in [9.17, 15) is 14.4 Å². The van der Waals surface area contributed by atoms with Crippen molar-refractivity contribution in [2.75, 3.05) is 18.6 Å². The Morgan fingerprint density at radius 3 is 2.55 bits per heavy atom. The number of para-hydroxylation sites is 1. The van der Waals surface area contributed by atoms with Gasteiger partial charge in [0.25, 0.3) is 11.5 Å². The van der Waals surface area contributed by atoms with Gasteiger partial charge in [0.05, 0.1) is 48.8 Å². The van der Waals surface area contributed by atoms with Gasteiger partial charge in [0.15, 0.2) is 4.80 Å².